The molecule has 3 rings (SSSR count). The maximum Gasteiger partial charge on any atom is 0.0786 e. The van der Waals surface area contributed by atoms with Crippen molar-refractivity contribution in [1.82, 2.24) is 5.06 Å². The van der Waals surface area contributed by atoms with Gasteiger partial charge in [-0.25, -0.2) is 0 Å². The molecule has 2 aliphatic rings. The average molecular weight is 317 g/mol. The molecule has 0 amide bonds. The van der Waals surface area contributed by atoms with Crippen molar-refractivity contribution in [3.05, 3.63) is 35.0 Å². The van der Waals surface area contributed by atoms with Crippen LogP contribution in [0.5, 0.6) is 0 Å². The summed E-state index contributed by atoms with van der Waals surface area (Å²) in [4.78, 5) is 5.24. The van der Waals surface area contributed by atoms with Gasteiger partial charge in [0.15, 0.2) is 0 Å². The molecule has 80 valence electrons. The summed E-state index contributed by atoms with van der Waals surface area (Å²) in [6.45, 7) is 0. The molecule has 0 N–H and O–H groups in total. The number of anilines is 1. The first-order valence-electron chi connectivity index (χ1n) is 4.88. The summed E-state index contributed by atoms with van der Waals surface area (Å²) in [6.07, 6.45) is 1.09. The molecule has 5 heteroatoms. The van der Waals surface area contributed by atoms with E-state index in [9.17, 15) is 5.21 Å². The largest absolute Gasteiger partial charge is 0.732 e. The third-order valence-corrected chi connectivity index (χ3v) is 3.63. The second-order valence-electron chi connectivity index (χ2n) is 3.84. The van der Waals surface area contributed by atoms with E-state index in [0.717, 1.165) is 12.0 Å². The molecule has 1 aliphatic heterocycles. The van der Waals surface area contributed by atoms with Gasteiger partial charge in [0, 0.05) is 12.0 Å². The smallest absolute Gasteiger partial charge is 0.0786 e. The minimum Gasteiger partial charge on any atom is -0.732 e. The van der Waals surface area contributed by atoms with Crippen LogP contribution in [0.2, 0.25) is 0 Å². The number of hydroxylamine groups is 2. The van der Waals surface area contributed by atoms with Crippen molar-refractivity contribution in [3.8, 4) is 0 Å². The zero-order valence-corrected chi connectivity index (χ0v) is 10.1. The highest BCUT2D eigenvalue weighted by Crippen LogP contribution is 2.50. The molecular formula is C10H10IN2O2-. The van der Waals surface area contributed by atoms with Gasteiger partial charge in [-0.3, -0.25) is 5.23 Å². The standard InChI is InChI=1S/C10H10IN2O2/c11-6-12-10-5-8(10)7-3-1-2-4-9(7)13(14)15-12/h1-4,8,10H,5-6H2/q-1. The SMILES string of the molecule is [O-]N1ON(CI)C2CC2c2ccccc21. The lowest BCUT2D eigenvalue weighted by Crippen LogP contribution is -2.31. The minimum atomic E-state index is 0.377. The molecule has 2 unspecified atom stereocenters. The van der Waals surface area contributed by atoms with Gasteiger partial charge in [0.25, 0.3) is 0 Å². The van der Waals surface area contributed by atoms with Crippen LogP contribution in [-0.2, 0) is 4.94 Å². The molecule has 1 fully saturated rings. The van der Waals surface area contributed by atoms with Gasteiger partial charge in [0.2, 0.25) is 0 Å². The summed E-state index contributed by atoms with van der Waals surface area (Å²) in [5, 5.41) is 14.1. The number of rotatable bonds is 1. The van der Waals surface area contributed by atoms with Gasteiger partial charge in [-0.05, 0) is 18.1 Å². The van der Waals surface area contributed by atoms with Crippen molar-refractivity contribution < 1.29 is 4.94 Å². The highest BCUT2D eigenvalue weighted by Gasteiger charge is 2.46. The first kappa shape index (κ1) is 9.83. The van der Waals surface area contributed by atoms with Crippen molar-refractivity contribution in [2.45, 2.75) is 18.4 Å². The normalized spacial score (nSPS) is 29.3. The van der Waals surface area contributed by atoms with Crippen molar-refractivity contribution in [2.24, 2.45) is 0 Å². The number of benzene rings is 1. The first-order chi connectivity index (χ1) is 7.31. The Hall–Kier alpha value is -0.370. The lowest BCUT2D eigenvalue weighted by molar-refractivity contribution is -0.151. The van der Waals surface area contributed by atoms with E-state index in [1.54, 1.807) is 5.06 Å². The van der Waals surface area contributed by atoms with E-state index in [0.29, 0.717) is 27.4 Å². The van der Waals surface area contributed by atoms with E-state index < -0.39 is 0 Å². The van der Waals surface area contributed by atoms with Crippen LogP contribution in [0.15, 0.2) is 24.3 Å². The van der Waals surface area contributed by atoms with Crippen molar-refractivity contribution >= 4 is 28.3 Å². The Labute approximate surface area is 101 Å². The van der Waals surface area contributed by atoms with Crippen molar-refractivity contribution in [1.29, 1.82) is 0 Å². The van der Waals surface area contributed by atoms with Crippen molar-refractivity contribution in [3.63, 3.8) is 0 Å². The van der Waals surface area contributed by atoms with Gasteiger partial charge in [0.05, 0.1) is 10.2 Å². The van der Waals surface area contributed by atoms with E-state index in [-0.39, 0.29) is 0 Å². The molecule has 0 spiro atoms. The van der Waals surface area contributed by atoms with E-state index >= 15 is 0 Å². The lowest BCUT2D eigenvalue weighted by atomic mass is 10.1. The summed E-state index contributed by atoms with van der Waals surface area (Å²) in [5.74, 6) is 0.468. The van der Waals surface area contributed by atoms with Gasteiger partial charge in [-0.2, -0.15) is 10.0 Å². The fraction of sp³-hybridized carbons (Fsp3) is 0.400. The maximum atomic E-state index is 11.7. The first-order valence-corrected chi connectivity index (χ1v) is 6.40. The van der Waals surface area contributed by atoms with Gasteiger partial charge < -0.3 is 5.21 Å². The van der Waals surface area contributed by atoms with Crippen molar-refractivity contribution in [2.75, 3.05) is 9.78 Å². The van der Waals surface area contributed by atoms with Gasteiger partial charge in [-0.1, -0.05) is 40.8 Å². The lowest BCUT2D eigenvalue weighted by Gasteiger charge is -2.32. The fourth-order valence-corrected chi connectivity index (χ4v) is 2.74. The molecule has 0 radical (unpaired) electrons. The van der Waals surface area contributed by atoms with Gasteiger partial charge >= 0.3 is 0 Å². The molecule has 1 aliphatic carbocycles. The second-order valence-corrected chi connectivity index (χ2v) is 4.53. The Balaban J connectivity index is 2.01. The summed E-state index contributed by atoms with van der Waals surface area (Å²) in [6, 6.07) is 8.05. The molecule has 1 heterocycles. The van der Waals surface area contributed by atoms with E-state index in [4.69, 9.17) is 4.94 Å². The molecule has 1 aromatic rings. The van der Waals surface area contributed by atoms with Crippen LogP contribution >= 0.6 is 22.6 Å². The zero-order chi connectivity index (χ0) is 10.4. The Morgan fingerprint density at radius 1 is 1.47 bits per heavy atom. The number of hydrogen-bond acceptors (Lipinski definition) is 4. The highest BCUT2D eigenvalue weighted by molar-refractivity contribution is 14.1. The Morgan fingerprint density at radius 2 is 2.27 bits per heavy atom. The van der Waals surface area contributed by atoms with E-state index in [1.165, 1.54) is 0 Å². The van der Waals surface area contributed by atoms with Gasteiger partial charge in [-0.15, -0.1) is 0 Å². The van der Waals surface area contributed by atoms with Crippen LogP contribution in [0.1, 0.15) is 17.9 Å². The molecular weight excluding hydrogens is 307 g/mol. The highest BCUT2D eigenvalue weighted by atomic mass is 127. The summed E-state index contributed by atoms with van der Waals surface area (Å²) in [7, 11) is 0. The maximum absolute atomic E-state index is 11.7. The second kappa shape index (κ2) is 3.58. The van der Waals surface area contributed by atoms with Crippen LogP contribution in [-0.4, -0.2) is 15.7 Å². The van der Waals surface area contributed by atoms with E-state index in [2.05, 4.69) is 22.6 Å². The Kier molecular flexibility index (Phi) is 2.35. The molecule has 0 bridgehead atoms. The number of para-hydroxylation sites is 1. The molecule has 1 aromatic carbocycles. The van der Waals surface area contributed by atoms with Crippen LogP contribution in [0.4, 0.5) is 5.69 Å². The summed E-state index contributed by atoms with van der Waals surface area (Å²) < 4.78 is 0.714. The number of hydrogen-bond donors (Lipinski definition) is 0. The predicted octanol–water partition coefficient (Wildman–Crippen LogP) is 2.40. The number of nitrogens with zero attached hydrogens (tertiary/aromatic N) is 2. The predicted molar refractivity (Wildman–Crippen MR) is 65.2 cm³/mol. The zero-order valence-electron chi connectivity index (χ0n) is 7.97. The van der Waals surface area contributed by atoms with Gasteiger partial charge in [0.1, 0.15) is 0 Å². The fourth-order valence-electron chi connectivity index (χ4n) is 2.11. The Bertz CT molecular complexity index is 366. The average Bonchev–Trinajstić information content (AvgIpc) is 3.04. The molecule has 0 aromatic heterocycles. The monoisotopic (exact) mass is 317 g/mol. The van der Waals surface area contributed by atoms with Crippen LogP contribution in [0, 0.1) is 5.21 Å². The Morgan fingerprint density at radius 3 is 3.07 bits per heavy atom. The third-order valence-electron chi connectivity index (χ3n) is 2.96. The molecule has 1 saturated carbocycles. The van der Waals surface area contributed by atoms with E-state index in [1.807, 2.05) is 24.3 Å². The number of fused-ring (bicyclic) bond motifs is 3. The van der Waals surface area contributed by atoms with Crippen LogP contribution in [0.25, 0.3) is 0 Å². The number of alkyl halides is 1. The summed E-state index contributed by atoms with van der Waals surface area (Å²) in [5.41, 5.74) is 1.77. The molecule has 2 atom stereocenters. The quantitative estimate of drug-likeness (QED) is 0.453. The summed E-state index contributed by atoms with van der Waals surface area (Å²) >= 11 is 2.21. The number of halogens is 1. The van der Waals surface area contributed by atoms with Crippen LogP contribution in [0.3, 0.4) is 0 Å². The molecule has 4 nitrogen and oxygen atoms in total. The topological polar surface area (TPSA) is 38.8 Å². The molecule has 0 saturated heterocycles. The minimum absolute atomic E-state index is 0.377. The molecule has 15 heavy (non-hydrogen) atoms. The van der Waals surface area contributed by atoms with Crippen LogP contribution < -0.4 is 5.23 Å². The third kappa shape index (κ3) is 1.54.